The molecule has 21 heavy (non-hydrogen) atoms. The number of ether oxygens (including phenoxy) is 1. The monoisotopic (exact) mass is 317 g/mol. The molecule has 0 aliphatic carbocycles. The molecule has 1 aliphatic rings. The van der Waals surface area contributed by atoms with Gasteiger partial charge in [0.2, 0.25) is 0 Å². The molecular weight excluding hydrogens is 302 g/mol. The van der Waals surface area contributed by atoms with Gasteiger partial charge in [0.05, 0.1) is 18.8 Å². The number of furan rings is 1. The average molecular weight is 318 g/mol. The van der Waals surface area contributed by atoms with E-state index in [0.717, 1.165) is 19.3 Å². The lowest BCUT2D eigenvalue weighted by Gasteiger charge is -2.05. The van der Waals surface area contributed by atoms with Gasteiger partial charge in [-0.15, -0.1) is 12.4 Å². The molecule has 0 bridgehead atoms. The second-order valence-corrected chi connectivity index (χ2v) is 4.41. The summed E-state index contributed by atoms with van der Waals surface area (Å²) in [6.45, 7) is 2.45. The minimum absolute atomic E-state index is 0. The van der Waals surface area contributed by atoms with Crippen LogP contribution in [0.5, 0.6) is 0 Å². The summed E-state index contributed by atoms with van der Waals surface area (Å²) in [5.74, 6) is -0.155. The van der Waals surface area contributed by atoms with Gasteiger partial charge in [-0.1, -0.05) is 13.3 Å². The van der Waals surface area contributed by atoms with Crippen molar-refractivity contribution in [1.82, 2.24) is 5.01 Å². The number of nitro groups is 1. The maximum atomic E-state index is 11.5. The summed E-state index contributed by atoms with van der Waals surface area (Å²) in [6.07, 6.45) is 3.43. The highest BCUT2D eigenvalue weighted by Crippen LogP contribution is 2.18. The van der Waals surface area contributed by atoms with Crippen molar-refractivity contribution < 1.29 is 18.9 Å². The van der Waals surface area contributed by atoms with Crippen molar-refractivity contribution in [2.45, 2.75) is 32.3 Å². The molecule has 0 N–H and O–H groups in total. The standard InChI is InChI=1S/C12H15N3O5.ClH/c1-2-3-4-10-8-14(12(16)20-10)13-7-9-5-6-11(19-9)15(17)18;/h5-7,10H,2-4,8H2,1H3;1H/b13-7+;. The number of amides is 1. The third-order valence-electron chi connectivity index (χ3n) is 2.85. The molecule has 1 aromatic heterocycles. The second kappa shape index (κ2) is 7.63. The predicted octanol–water partition coefficient (Wildman–Crippen LogP) is 2.95. The van der Waals surface area contributed by atoms with Crippen molar-refractivity contribution >= 4 is 30.6 Å². The fourth-order valence-corrected chi connectivity index (χ4v) is 1.82. The predicted molar refractivity (Wildman–Crippen MR) is 76.7 cm³/mol. The molecule has 8 nitrogen and oxygen atoms in total. The largest absolute Gasteiger partial charge is 0.443 e. The Morgan fingerprint density at radius 2 is 2.33 bits per heavy atom. The highest BCUT2D eigenvalue weighted by Gasteiger charge is 2.30. The van der Waals surface area contributed by atoms with Gasteiger partial charge < -0.3 is 9.15 Å². The number of carbonyl (C=O) groups is 1. The number of unbranched alkanes of at least 4 members (excludes halogenated alkanes) is 1. The van der Waals surface area contributed by atoms with Crippen LogP contribution in [0.3, 0.4) is 0 Å². The van der Waals surface area contributed by atoms with Crippen molar-refractivity contribution in [3.8, 4) is 0 Å². The van der Waals surface area contributed by atoms with Crippen LogP contribution in [0.2, 0.25) is 0 Å². The third kappa shape index (κ3) is 4.45. The molecule has 0 spiro atoms. The molecule has 1 fully saturated rings. The zero-order valence-corrected chi connectivity index (χ0v) is 12.2. The molecule has 1 saturated heterocycles. The molecular formula is C12H16ClN3O5. The van der Waals surface area contributed by atoms with Crippen LogP contribution in [0.1, 0.15) is 31.9 Å². The van der Waals surface area contributed by atoms with Crippen LogP contribution in [0.25, 0.3) is 0 Å². The van der Waals surface area contributed by atoms with E-state index >= 15 is 0 Å². The van der Waals surface area contributed by atoms with E-state index < -0.39 is 11.0 Å². The molecule has 2 rings (SSSR count). The number of hydrogen-bond acceptors (Lipinski definition) is 6. The van der Waals surface area contributed by atoms with E-state index in [9.17, 15) is 14.9 Å². The Morgan fingerprint density at radius 3 is 2.95 bits per heavy atom. The Hall–Kier alpha value is -2.09. The summed E-state index contributed by atoms with van der Waals surface area (Å²) in [4.78, 5) is 21.3. The summed E-state index contributed by atoms with van der Waals surface area (Å²) >= 11 is 0. The number of cyclic esters (lactones) is 1. The molecule has 0 saturated carbocycles. The molecule has 9 heteroatoms. The van der Waals surface area contributed by atoms with Gasteiger partial charge in [-0.3, -0.25) is 10.1 Å². The van der Waals surface area contributed by atoms with Gasteiger partial charge >= 0.3 is 12.0 Å². The van der Waals surface area contributed by atoms with E-state index in [0.29, 0.717) is 6.54 Å². The van der Waals surface area contributed by atoms with E-state index in [1.165, 1.54) is 23.4 Å². The molecule has 116 valence electrons. The summed E-state index contributed by atoms with van der Waals surface area (Å²) in [6, 6.07) is 2.64. The minimum atomic E-state index is -0.637. The minimum Gasteiger partial charge on any atom is -0.443 e. The van der Waals surface area contributed by atoms with Crippen LogP contribution in [-0.4, -0.2) is 34.9 Å². The molecule has 1 aromatic rings. The van der Waals surface area contributed by atoms with Gasteiger partial charge in [0.15, 0.2) is 5.76 Å². The van der Waals surface area contributed by atoms with E-state index in [1.54, 1.807) is 0 Å². The van der Waals surface area contributed by atoms with Gasteiger partial charge in [0, 0.05) is 0 Å². The molecule has 2 heterocycles. The van der Waals surface area contributed by atoms with E-state index in [4.69, 9.17) is 9.15 Å². The van der Waals surface area contributed by atoms with Crippen molar-refractivity contribution in [1.29, 1.82) is 0 Å². The second-order valence-electron chi connectivity index (χ2n) is 4.41. The lowest BCUT2D eigenvalue weighted by Crippen LogP contribution is -2.19. The topological polar surface area (TPSA) is 98.2 Å². The van der Waals surface area contributed by atoms with Crippen molar-refractivity contribution in [3.05, 3.63) is 28.0 Å². The zero-order valence-electron chi connectivity index (χ0n) is 11.4. The smallest absolute Gasteiger partial charge is 0.433 e. The van der Waals surface area contributed by atoms with Crippen molar-refractivity contribution in [2.75, 3.05) is 6.54 Å². The van der Waals surface area contributed by atoms with Gasteiger partial charge in [-0.05, 0) is 18.9 Å². The Morgan fingerprint density at radius 1 is 1.57 bits per heavy atom. The Balaban J connectivity index is 0.00000220. The highest BCUT2D eigenvalue weighted by atomic mass is 35.5. The van der Waals surface area contributed by atoms with Crippen LogP contribution in [-0.2, 0) is 4.74 Å². The summed E-state index contributed by atoms with van der Waals surface area (Å²) in [5.41, 5.74) is 0. The quantitative estimate of drug-likeness (QED) is 0.456. The first kappa shape index (κ1) is 17.0. The number of hydrazone groups is 1. The number of nitrogens with zero attached hydrogens (tertiary/aromatic N) is 3. The van der Waals surface area contributed by atoms with Crippen LogP contribution >= 0.6 is 12.4 Å². The molecule has 0 aromatic carbocycles. The summed E-state index contributed by atoms with van der Waals surface area (Å²) in [7, 11) is 0. The molecule has 0 radical (unpaired) electrons. The first-order chi connectivity index (χ1) is 9.60. The van der Waals surface area contributed by atoms with Gasteiger partial charge in [-0.25, -0.2) is 4.79 Å². The lowest BCUT2D eigenvalue weighted by molar-refractivity contribution is -0.402. The Bertz CT molecular complexity index is 531. The third-order valence-corrected chi connectivity index (χ3v) is 2.85. The Labute approximate surface area is 127 Å². The van der Waals surface area contributed by atoms with E-state index in [1.807, 2.05) is 0 Å². The fourth-order valence-electron chi connectivity index (χ4n) is 1.82. The van der Waals surface area contributed by atoms with Gasteiger partial charge in [-0.2, -0.15) is 10.1 Å². The molecule has 1 unspecified atom stereocenters. The molecule has 1 atom stereocenters. The maximum absolute atomic E-state index is 11.5. The van der Waals surface area contributed by atoms with E-state index in [-0.39, 0.29) is 30.2 Å². The van der Waals surface area contributed by atoms with Crippen LogP contribution in [0.15, 0.2) is 21.7 Å². The Kier molecular flexibility index (Phi) is 6.16. The number of hydrogen-bond donors (Lipinski definition) is 0. The van der Waals surface area contributed by atoms with E-state index in [2.05, 4.69) is 12.0 Å². The van der Waals surface area contributed by atoms with Crippen molar-refractivity contribution in [2.24, 2.45) is 5.10 Å². The van der Waals surface area contributed by atoms with Crippen LogP contribution in [0, 0.1) is 10.1 Å². The summed E-state index contributed by atoms with van der Waals surface area (Å²) in [5, 5.41) is 15.6. The summed E-state index contributed by atoms with van der Waals surface area (Å²) < 4.78 is 10.0. The average Bonchev–Trinajstić information content (AvgIpc) is 3.01. The molecule has 1 aliphatic heterocycles. The fraction of sp³-hybridized carbons (Fsp3) is 0.500. The zero-order chi connectivity index (χ0) is 14.5. The molecule has 1 amide bonds. The number of rotatable bonds is 6. The first-order valence-electron chi connectivity index (χ1n) is 6.36. The van der Waals surface area contributed by atoms with Gasteiger partial charge in [0.25, 0.3) is 0 Å². The lowest BCUT2D eigenvalue weighted by atomic mass is 10.2. The number of halogens is 1. The maximum Gasteiger partial charge on any atom is 0.433 e. The normalized spacial score (nSPS) is 17.9. The van der Waals surface area contributed by atoms with Crippen LogP contribution in [0.4, 0.5) is 10.7 Å². The van der Waals surface area contributed by atoms with Gasteiger partial charge in [0.1, 0.15) is 11.0 Å². The first-order valence-corrected chi connectivity index (χ1v) is 6.36. The highest BCUT2D eigenvalue weighted by molar-refractivity contribution is 5.85. The SMILES string of the molecule is CCCCC1CN(/N=C/c2ccc([N+](=O)[O-])o2)C(=O)O1.Cl. The van der Waals surface area contributed by atoms with Crippen molar-refractivity contribution in [3.63, 3.8) is 0 Å². The van der Waals surface area contributed by atoms with Crippen LogP contribution < -0.4 is 0 Å². The number of carbonyl (C=O) groups excluding carboxylic acids is 1.